The second-order valence-electron chi connectivity index (χ2n) is 7.06. The standard InChI is InChI=1S/C19H25ClN2O2/c1-13-9-14(2)18(16(20)10-13)22-12-15(11-17(22)23)19(24)21-7-5-3-4-6-8-21/h9-10,15H,3-8,11-12H2,1-2H3. The van der Waals surface area contributed by atoms with Crippen molar-refractivity contribution in [3.05, 3.63) is 28.3 Å². The van der Waals surface area contributed by atoms with E-state index in [1.54, 1.807) is 4.90 Å². The molecule has 24 heavy (non-hydrogen) atoms. The smallest absolute Gasteiger partial charge is 0.228 e. The van der Waals surface area contributed by atoms with Crippen molar-refractivity contribution in [3.63, 3.8) is 0 Å². The van der Waals surface area contributed by atoms with Crippen LogP contribution in [0.2, 0.25) is 5.02 Å². The van der Waals surface area contributed by atoms with E-state index in [1.165, 1.54) is 12.8 Å². The highest BCUT2D eigenvalue weighted by molar-refractivity contribution is 6.34. The third-order valence-corrected chi connectivity index (χ3v) is 5.35. The average Bonchev–Trinajstić information content (AvgIpc) is 2.74. The first kappa shape index (κ1) is 17.3. The zero-order valence-electron chi connectivity index (χ0n) is 14.5. The van der Waals surface area contributed by atoms with E-state index < -0.39 is 0 Å². The molecular weight excluding hydrogens is 324 g/mol. The van der Waals surface area contributed by atoms with Gasteiger partial charge in [-0.3, -0.25) is 9.59 Å². The Kier molecular flexibility index (Phi) is 5.14. The summed E-state index contributed by atoms with van der Waals surface area (Å²) in [7, 11) is 0. The number of amides is 2. The van der Waals surface area contributed by atoms with Gasteiger partial charge in [0, 0.05) is 26.1 Å². The minimum atomic E-state index is -0.243. The van der Waals surface area contributed by atoms with Gasteiger partial charge in [-0.1, -0.05) is 30.5 Å². The molecule has 4 nitrogen and oxygen atoms in total. The van der Waals surface area contributed by atoms with Gasteiger partial charge in [0.1, 0.15) is 0 Å². The lowest BCUT2D eigenvalue weighted by atomic mass is 10.1. The summed E-state index contributed by atoms with van der Waals surface area (Å²) in [5.41, 5.74) is 2.82. The number of carbonyl (C=O) groups excluding carboxylic acids is 2. The molecule has 2 fully saturated rings. The van der Waals surface area contributed by atoms with Crippen LogP contribution in [-0.4, -0.2) is 36.3 Å². The van der Waals surface area contributed by atoms with Crippen molar-refractivity contribution in [2.75, 3.05) is 24.5 Å². The van der Waals surface area contributed by atoms with Crippen molar-refractivity contribution < 1.29 is 9.59 Å². The molecule has 2 aliphatic rings. The predicted molar refractivity (Wildman–Crippen MR) is 96.4 cm³/mol. The third-order valence-electron chi connectivity index (χ3n) is 5.06. The number of rotatable bonds is 2. The number of halogens is 1. The molecule has 1 unspecified atom stereocenters. The maximum absolute atomic E-state index is 12.8. The summed E-state index contributed by atoms with van der Waals surface area (Å²) in [6.45, 7) is 6.05. The minimum absolute atomic E-state index is 0.00275. The summed E-state index contributed by atoms with van der Waals surface area (Å²) in [5.74, 6) is -0.113. The molecule has 0 radical (unpaired) electrons. The van der Waals surface area contributed by atoms with Gasteiger partial charge in [-0.15, -0.1) is 0 Å². The lowest BCUT2D eigenvalue weighted by Crippen LogP contribution is -2.38. The minimum Gasteiger partial charge on any atom is -0.342 e. The van der Waals surface area contributed by atoms with Gasteiger partial charge in [0.05, 0.1) is 16.6 Å². The van der Waals surface area contributed by atoms with Crippen LogP contribution in [0.4, 0.5) is 5.69 Å². The van der Waals surface area contributed by atoms with E-state index in [0.717, 1.165) is 42.7 Å². The molecular formula is C19H25ClN2O2. The Morgan fingerprint density at radius 3 is 2.42 bits per heavy atom. The number of nitrogens with zero attached hydrogens (tertiary/aromatic N) is 2. The number of benzene rings is 1. The van der Waals surface area contributed by atoms with E-state index in [1.807, 2.05) is 30.9 Å². The van der Waals surface area contributed by atoms with Crippen molar-refractivity contribution in [1.29, 1.82) is 0 Å². The quantitative estimate of drug-likeness (QED) is 0.817. The molecule has 2 heterocycles. The van der Waals surface area contributed by atoms with E-state index in [0.29, 0.717) is 18.0 Å². The molecule has 0 N–H and O–H groups in total. The summed E-state index contributed by atoms with van der Waals surface area (Å²) in [6.07, 6.45) is 4.81. The summed E-state index contributed by atoms with van der Waals surface area (Å²) in [6, 6.07) is 3.90. The van der Waals surface area contributed by atoms with Gasteiger partial charge in [-0.2, -0.15) is 0 Å². The highest BCUT2D eigenvalue weighted by Gasteiger charge is 2.38. The Bertz CT molecular complexity index is 628. The number of hydrogen-bond acceptors (Lipinski definition) is 2. The average molecular weight is 349 g/mol. The molecule has 0 saturated carbocycles. The van der Waals surface area contributed by atoms with E-state index in [-0.39, 0.29) is 17.7 Å². The Morgan fingerprint density at radius 2 is 1.79 bits per heavy atom. The molecule has 1 atom stereocenters. The lowest BCUT2D eigenvalue weighted by molar-refractivity contribution is -0.135. The zero-order chi connectivity index (χ0) is 17.3. The highest BCUT2D eigenvalue weighted by atomic mass is 35.5. The van der Waals surface area contributed by atoms with Crippen LogP contribution in [0.1, 0.15) is 43.2 Å². The molecule has 0 aromatic heterocycles. The normalized spacial score (nSPS) is 22.0. The molecule has 5 heteroatoms. The molecule has 2 amide bonds. The van der Waals surface area contributed by atoms with Crippen LogP contribution in [0.15, 0.2) is 12.1 Å². The summed E-state index contributed by atoms with van der Waals surface area (Å²) in [4.78, 5) is 29.0. The van der Waals surface area contributed by atoms with Gasteiger partial charge < -0.3 is 9.80 Å². The van der Waals surface area contributed by atoms with Crippen molar-refractivity contribution in [3.8, 4) is 0 Å². The molecule has 1 aromatic rings. The topological polar surface area (TPSA) is 40.6 Å². The maximum atomic E-state index is 12.8. The molecule has 2 aliphatic heterocycles. The van der Waals surface area contributed by atoms with Crippen LogP contribution in [0, 0.1) is 19.8 Å². The fourth-order valence-electron chi connectivity index (χ4n) is 3.89. The van der Waals surface area contributed by atoms with Crippen molar-refractivity contribution in [2.24, 2.45) is 5.92 Å². The highest BCUT2D eigenvalue weighted by Crippen LogP contribution is 2.35. The lowest BCUT2D eigenvalue weighted by Gasteiger charge is -2.24. The van der Waals surface area contributed by atoms with E-state index in [9.17, 15) is 9.59 Å². The first-order valence-corrected chi connectivity index (χ1v) is 9.21. The second kappa shape index (κ2) is 7.14. The Hall–Kier alpha value is -1.55. The number of aryl methyl sites for hydroxylation is 2. The summed E-state index contributed by atoms with van der Waals surface area (Å²) in [5, 5.41) is 0.587. The van der Waals surface area contributed by atoms with E-state index in [4.69, 9.17) is 11.6 Å². The third kappa shape index (κ3) is 3.44. The van der Waals surface area contributed by atoms with Crippen LogP contribution in [0.5, 0.6) is 0 Å². The molecule has 2 saturated heterocycles. The number of hydrogen-bond donors (Lipinski definition) is 0. The van der Waals surface area contributed by atoms with E-state index >= 15 is 0 Å². The Balaban J connectivity index is 1.77. The molecule has 0 aliphatic carbocycles. The second-order valence-corrected chi connectivity index (χ2v) is 7.46. The van der Waals surface area contributed by atoms with Gasteiger partial charge in [-0.25, -0.2) is 0 Å². The first-order valence-electron chi connectivity index (χ1n) is 8.83. The number of carbonyl (C=O) groups is 2. The van der Waals surface area contributed by atoms with Gasteiger partial charge in [-0.05, 0) is 43.9 Å². The van der Waals surface area contributed by atoms with Gasteiger partial charge in [0.2, 0.25) is 11.8 Å². The molecule has 130 valence electrons. The van der Waals surface area contributed by atoms with E-state index in [2.05, 4.69) is 0 Å². The van der Waals surface area contributed by atoms with Gasteiger partial charge in [0.25, 0.3) is 0 Å². The fourth-order valence-corrected chi connectivity index (χ4v) is 4.31. The monoisotopic (exact) mass is 348 g/mol. The van der Waals surface area contributed by atoms with Crippen molar-refractivity contribution >= 4 is 29.1 Å². The summed E-state index contributed by atoms with van der Waals surface area (Å²) < 4.78 is 0. The fraction of sp³-hybridized carbons (Fsp3) is 0.579. The van der Waals surface area contributed by atoms with Crippen molar-refractivity contribution in [1.82, 2.24) is 4.90 Å². The van der Waals surface area contributed by atoms with Crippen molar-refractivity contribution in [2.45, 2.75) is 46.0 Å². The largest absolute Gasteiger partial charge is 0.342 e. The summed E-state index contributed by atoms with van der Waals surface area (Å²) >= 11 is 6.39. The van der Waals surface area contributed by atoms with Gasteiger partial charge >= 0.3 is 0 Å². The number of anilines is 1. The SMILES string of the molecule is Cc1cc(C)c(N2CC(C(=O)N3CCCCCC3)CC2=O)c(Cl)c1. The Labute approximate surface area is 148 Å². The molecule has 0 bridgehead atoms. The molecule has 3 rings (SSSR count). The van der Waals surface area contributed by atoms with Crippen LogP contribution in [0.3, 0.4) is 0 Å². The first-order chi connectivity index (χ1) is 11.5. The van der Waals surface area contributed by atoms with Crippen LogP contribution in [-0.2, 0) is 9.59 Å². The van der Waals surface area contributed by atoms with Crippen LogP contribution >= 0.6 is 11.6 Å². The van der Waals surface area contributed by atoms with Crippen LogP contribution < -0.4 is 4.90 Å². The zero-order valence-corrected chi connectivity index (χ0v) is 15.2. The molecule has 1 aromatic carbocycles. The van der Waals surface area contributed by atoms with Gasteiger partial charge in [0.15, 0.2) is 0 Å². The Morgan fingerprint density at radius 1 is 1.12 bits per heavy atom. The number of likely N-dealkylation sites (tertiary alicyclic amines) is 1. The predicted octanol–water partition coefficient (Wildman–Crippen LogP) is 3.71. The molecule has 0 spiro atoms. The maximum Gasteiger partial charge on any atom is 0.228 e. The van der Waals surface area contributed by atoms with Crippen LogP contribution in [0.25, 0.3) is 0 Å².